The number of non-ortho nitro benzene ring substituents is 2. The molecule has 0 spiro atoms. The first-order valence-corrected chi connectivity index (χ1v) is 6.82. The van der Waals surface area contributed by atoms with Crippen molar-refractivity contribution in [3.8, 4) is 5.75 Å². The molecule has 0 aliphatic rings. The topological polar surface area (TPSA) is 137 Å². The van der Waals surface area contributed by atoms with E-state index in [2.05, 4.69) is 10.5 Å². The van der Waals surface area contributed by atoms with Crippen LogP contribution in [0.15, 0.2) is 47.6 Å². The van der Waals surface area contributed by atoms with Gasteiger partial charge in [-0.15, -0.1) is 0 Å². The zero-order valence-corrected chi connectivity index (χ0v) is 12.9. The minimum Gasteiger partial charge on any atom is -0.496 e. The number of benzene rings is 2. The molecule has 0 saturated heterocycles. The Morgan fingerprint density at radius 3 is 2.44 bits per heavy atom. The van der Waals surface area contributed by atoms with Gasteiger partial charge in [-0.2, -0.15) is 5.10 Å². The summed E-state index contributed by atoms with van der Waals surface area (Å²) in [5.41, 5.74) is 2.15. The average Bonchev–Trinajstić information content (AvgIpc) is 2.61. The lowest BCUT2D eigenvalue weighted by Gasteiger charge is -2.04. The van der Waals surface area contributed by atoms with Crippen molar-refractivity contribution in [2.24, 2.45) is 5.10 Å². The van der Waals surface area contributed by atoms with E-state index in [-0.39, 0.29) is 22.5 Å². The first-order valence-electron chi connectivity index (χ1n) is 6.82. The van der Waals surface area contributed by atoms with Crippen LogP contribution in [0.2, 0.25) is 0 Å². The predicted octanol–water partition coefficient (Wildman–Crippen LogP) is 2.28. The summed E-state index contributed by atoms with van der Waals surface area (Å²) in [4.78, 5) is 32.3. The van der Waals surface area contributed by atoms with E-state index in [9.17, 15) is 25.0 Å². The summed E-state index contributed by atoms with van der Waals surface area (Å²) in [6, 6.07) is 9.06. The maximum absolute atomic E-state index is 12.0. The number of hydrogen-bond acceptors (Lipinski definition) is 7. The lowest BCUT2D eigenvalue weighted by Crippen LogP contribution is -2.17. The Kier molecular flexibility index (Phi) is 5.36. The molecule has 0 saturated carbocycles. The molecule has 0 unspecified atom stereocenters. The maximum Gasteiger partial charge on any atom is 0.271 e. The monoisotopic (exact) mass is 344 g/mol. The molecule has 0 radical (unpaired) electrons. The van der Waals surface area contributed by atoms with Gasteiger partial charge in [-0.25, -0.2) is 5.43 Å². The number of nitro benzene ring substituents is 2. The van der Waals surface area contributed by atoms with Crippen LogP contribution < -0.4 is 10.2 Å². The lowest BCUT2D eigenvalue weighted by atomic mass is 10.2. The molecule has 0 aromatic heterocycles. The number of carbonyl (C=O) groups is 1. The molecule has 0 bridgehead atoms. The van der Waals surface area contributed by atoms with Gasteiger partial charge >= 0.3 is 0 Å². The molecular formula is C15H12N4O6. The van der Waals surface area contributed by atoms with E-state index in [1.165, 1.54) is 49.7 Å². The first kappa shape index (κ1) is 17.5. The Balaban J connectivity index is 2.16. The molecule has 10 nitrogen and oxygen atoms in total. The molecule has 2 aromatic carbocycles. The van der Waals surface area contributed by atoms with Gasteiger partial charge in [0, 0.05) is 35.4 Å². The number of nitrogens with zero attached hydrogens (tertiary/aromatic N) is 3. The number of ether oxygens (including phenoxy) is 1. The van der Waals surface area contributed by atoms with E-state index in [1.54, 1.807) is 0 Å². The summed E-state index contributed by atoms with van der Waals surface area (Å²) in [5, 5.41) is 25.2. The Bertz CT molecular complexity index is 865. The standard InChI is InChI=1S/C15H12N4O6/c1-25-14-6-5-13(19(23)24)8-11(14)9-16-17-15(20)10-3-2-4-12(7-10)18(21)22/h2-9H,1H3,(H,17,20)/b16-9-. The summed E-state index contributed by atoms with van der Waals surface area (Å²) in [7, 11) is 1.39. The third-order valence-electron chi connectivity index (χ3n) is 3.11. The SMILES string of the molecule is COc1ccc([N+](=O)[O-])cc1/C=N\NC(=O)c1cccc([N+](=O)[O-])c1. The van der Waals surface area contributed by atoms with E-state index in [0.717, 1.165) is 6.07 Å². The fourth-order valence-corrected chi connectivity index (χ4v) is 1.92. The smallest absolute Gasteiger partial charge is 0.271 e. The second-order valence-electron chi connectivity index (χ2n) is 4.69. The van der Waals surface area contributed by atoms with Crippen molar-refractivity contribution >= 4 is 23.5 Å². The van der Waals surface area contributed by atoms with Crippen LogP contribution in [0, 0.1) is 20.2 Å². The maximum atomic E-state index is 12.0. The molecule has 2 aromatic rings. The van der Waals surface area contributed by atoms with Gasteiger partial charge in [0.05, 0.1) is 23.2 Å². The van der Waals surface area contributed by atoms with E-state index in [0.29, 0.717) is 5.75 Å². The zero-order valence-electron chi connectivity index (χ0n) is 12.9. The van der Waals surface area contributed by atoms with Gasteiger partial charge in [0.1, 0.15) is 5.75 Å². The minimum atomic E-state index is -0.663. The Labute approximate surface area is 141 Å². The van der Waals surface area contributed by atoms with E-state index >= 15 is 0 Å². The molecular weight excluding hydrogens is 332 g/mol. The van der Waals surface area contributed by atoms with Crippen molar-refractivity contribution in [1.82, 2.24) is 5.43 Å². The van der Waals surface area contributed by atoms with Gasteiger partial charge in [-0.1, -0.05) is 6.07 Å². The molecule has 2 rings (SSSR count). The fraction of sp³-hybridized carbons (Fsp3) is 0.0667. The van der Waals surface area contributed by atoms with Crippen molar-refractivity contribution in [3.05, 3.63) is 73.8 Å². The summed E-state index contributed by atoms with van der Waals surface area (Å²) in [6.07, 6.45) is 1.18. The van der Waals surface area contributed by atoms with Crippen molar-refractivity contribution in [3.63, 3.8) is 0 Å². The number of hydrogen-bond donors (Lipinski definition) is 1. The van der Waals surface area contributed by atoms with Crippen LogP contribution in [0.3, 0.4) is 0 Å². The van der Waals surface area contributed by atoms with Gasteiger partial charge in [-0.3, -0.25) is 25.0 Å². The molecule has 25 heavy (non-hydrogen) atoms. The molecule has 0 fully saturated rings. The summed E-state index contributed by atoms with van der Waals surface area (Å²) in [6.45, 7) is 0. The number of nitro groups is 2. The highest BCUT2D eigenvalue weighted by Gasteiger charge is 2.12. The molecule has 0 aliphatic heterocycles. The highest BCUT2D eigenvalue weighted by molar-refractivity contribution is 5.95. The van der Waals surface area contributed by atoms with E-state index in [1.807, 2.05) is 0 Å². The quantitative estimate of drug-likeness (QED) is 0.485. The van der Waals surface area contributed by atoms with Crippen LogP contribution in [-0.2, 0) is 0 Å². The highest BCUT2D eigenvalue weighted by atomic mass is 16.6. The third-order valence-corrected chi connectivity index (χ3v) is 3.11. The number of carbonyl (C=O) groups excluding carboxylic acids is 1. The van der Waals surface area contributed by atoms with Crippen molar-refractivity contribution in [1.29, 1.82) is 0 Å². The van der Waals surface area contributed by atoms with E-state index < -0.39 is 15.8 Å². The number of rotatable bonds is 6. The second-order valence-corrected chi connectivity index (χ2v) is 4.69. The van der Waals surface area contributed by atoms with Crippen molar-refractivity contribution < 1.29 is 19.4 Å². The van der Waals surface area contributed by atoms with Crippen molar-refractivity contribution in [2.45, 2.75) is 0 Å². The van der Waals surface area contributed by atoms with E-state index in [4.69, 9.17) is 4.74 Å². The van der Waals surface area contributed by atoms with Crippen LogP contribution in [-0.4, -0.2) is 29.1 Å². The van der Waals surface area contributed by atoms with Gasteiger partial charge < -0.3 is 4.74 Å². The van der Waals surface area contributed by atoms with Gasteiger partial charge in [0.15, 0.2) is 0 Å². The van der Waals surface area contributed by atoms with Crippen LogP contribution >= 0.6 is 0 Å². The number of nitrogens with one attached hydrogen (secondary N) is 1. The first-order chi connectivity index (χ1) is 11.9. The number of hydrazone groups is 1. The zero-order chi connectivity index (χ0) is 18.4. The third kappa shape index (κ3) is 4.34. The van der Waals surface area contributed by atoms with Gasteiger partial charge in [0.2, 0.25) is 0 Å². The Morgan fingerprint density at radius 2 is 1.80 bits per heavy atom. The Morgan fingerprint density at radius 1 is 1.12 bits per heavy atom. The summed E-state index contributed by atoms with van der Waals surface area (Å²) >= 11 is 0. The molecule has 1 amide bonds. The average molecular weight is 344 g/mol. The normalized spacial score (nSPS) is 10.4. The van der Waals surface area contributed by atoms with Crippen molar-refractivity contribution in [2.75, 3.05) is 7.11 Å². The molecule has 0 aliphatic carbocycles. The fourth-order valence-electron chi connectivity index (χ4n) is 1.92. The molecule has 128 valence electrons. The molecule has 1 N–H and O–H groups in total. The predicted molar refractivity (Wildman–Crippen MR) is 87.8 cm³/mol. The largest absolute Gasteiger partial charge is 0.496 e. The van der Waals surface area contributed by atoms with Crippen LogP contribution in [0.5, 0.6) is 5.75 Å². The summed E-state index contributed by atoms with van der Waals surface area (Å²) < 4.78 is 5.06. The minimum absolute atomic E-state index is 0.0531. The van der Waals surface area contributed by atoms with Crippen LogP contribution in [0.25, 0.3) is 0 Å². The van der Waals surface area contributed by atoms with Gasteiger partial charge in [-0.05, 0) is 12.1 Å². The van der Waals surface area contributed by atoms with Crippen LogP contribution in [0.1, 0.15) is 15.9 Å². The molecule has 0 heterocycles. The van der Waals surface area contributed by atoms with Gasteiger partial charge in [0.25, 0.3) is 17.3 Å². The summed E-state index contributed by atoms with van der Waals surface area (Å²) in [5.74, 6) is -0.330. The highest BCUT2D eigenvalue weighted by Crippen LogP contribution is 2.22. The Hall–Kier alpha value is -3.82. The lowest BCUT2D eigenvalue weighted by molar-refractivity contribution is -0.385. The molecule has 0 atom stereocenters. The van der Waals surface area contributed by atoms with Crippen LogP contribution in [0.4, 0.5) is 11.4 Å². The number of methoxy groups -OCH3 is 1. The molecule has 10 heteroatoms. The number of amides is 1. The second kappa shape index (κ2) is 7.64.